The largest absolute Gasteiger partial charge is 0.435 e. The maximum absolute atomic E-state index is 12.8. The van der Waals surface area contributed by atoms with Gasteiger partial charge in [-0.25, -0.2) is 0 Å². The first-order valence-electron chi connectivity index (χ1n) is 9.36. The van der Waals surface area contributed by atoms with E-state index < -0.39 is 17.8 Å². The zero-order valence-corrected chi connectivity index (χ0v) is 17.1. The first-order valence-corrected chi connectivity index (χ1v) is 9.36. The van der Waals surface area contributed by atoms with E-state index in [1.807, 2.05) is 0 Å². The Hall–Kier alpha value is -3.63. The highest BCUT2D eigenvalue weighted by Crippen LogP contribution is 2.28. The van der Waals surface area contributed by atoms with Crippen molar-refractivity contribution in [1.29, 1.82) is 0 Å². The number of nitrogens with one attached hydrogen (secondary N) is 2. The Balaban J connectivity index is 1.57. The van der Waals surface area contributed by atoms with Crippen LogP contribution in [0, 0.1) is 12.8 Å². The number of nitrogens with zero attached hydrogens (tertiary/aromatic N) is 4. The monoisotopic (exact) mass is 434 g/mol. The topological polar surface area (TPSA) is 93.8 Å². The highest BCUT2D eigenvalue weighted by atomic mass is 19.4. The molecule has 1 atom stereocenters. The molecule has 2 heterocycles. The summed E-state index contributed by atoms with van der Waals surface area (Å²) in [5, 5.41) is 13.0. The Labute approximate surface area is 176 Å². The van der Waals surface area contributed by atoms with Crippen LogP contribution in [0.25, 0.3) is 0 Å². The number of rotatable bonds is 6. The second-order valence-electron chi connectivity index (χ2n) is 7.15. The Kier molecular flexibility index (Phi) is 6.14. The summed E-state index contributed by atoms with van der Waals surface area (Å²) in [5.41, 5.74) is 0.617. The maximum Gasteiger partial charge on any atom is 0.435 e. The van der Waals surface area contributed by atoms with E-state index in [0.29, 0.717) is 17.1 Å². The zero-order valence-electron chi connectivity index (χ0n) is 17.1. The van der Waals surface area contributed by atoms with E-state index in [-0.39, 0.29) is 24.1 Å². The number of alkyl halides is 3. The molecule has 2 aromatic heterocycles. The Morgan fingerprint density at radius 2 is 1.68 bits per heavy atom. The molecule has 0 saturated carbocycles. The van der Waals surface area contributed by atoms with Gasteiger partial charge in [-0.15, -0.1) is 0 Å². The third-order valence-electron chi connectivity index (χ3n) is 4.52. The maximum atomic E-state index is 12.8. The number of carbonyl (C=O) groups excluding carboxylic acids is 2. The summed E-state index contributed by atoms with van der Waals surface area (Å²) < 4.78 is 41.1. The summed E-state index contributed by atoms with van der Waals surface area (Å²) in [7, 11) is 1.71. The molecule has 0 radical (unpaired) electrons. The van der Waals surface area contributed by atoms with Crippen molar-refractivity contribution in [2.24, 2.45) is 13.0 Å². The zero-order chi connectivity index (χ0) is 22.8. The van der Waals surface area contributed by atoms with E-state index in [1.54, 1.807) is 50.5 Å². The van der Waals surface area contributed by atoms with Crippen LogP contribution in [0.5, 0.6) is 0 Å². The Bertz CT molecular complexity index is 1090. The summed E-state index contributed by atoms with van der Waals surface area (Å²) in [4.78, 5) is 24.5. The SMILES string of the molecule is Cc1cc(C(F)(F)F)nn1CC(C)C(=O)Nc1ccc(NC(=O)c2ccn(C)n2)cc1. The van der Waals surface area contributed by atoms with Crippen LogP contribution in [0.2, 0.25) is 0 Å². The fourth-order valence-corrected chi connectivity index (χ4v) is 2.81. The van der Waals surface area contributed by atoms with Crippen LogP contribution in [0.3, 0.4) is 0 Å². The smallest absolute Gasteiger partial charge is 0.326 e. The lowest BCUT2D eigenvalue weighted by molar-refractivity contribution is -0.141. The fourth-order valence-electron chi connectivity index (χ4n) is 2.81. The molecular weight excluding hydrogens is 413 g/mol. The van der Waals surface area contributed by atoms with Gasteiger partial charge in [0.05, 0.1) is 12.5 Å². The number of hydrogen-bond donors (Lipinski definition) is 2. The van der Waals surface area contributed by atoms with E-state index in [2.05, 4.69) is 20.8 Å². The van der Waals surface area contributed by atoms with Crippen LogP contribution in [0.1, 0.15) is 28.8 Å². The normalized spacial score (nSPS) is 12.5. The Morgan fingerprint density at radius 1 is 1.06 bits per heavy atom. The first kappa shape index (κ1) is 22.1. The minimum absolute atomic E-state index is 0.00592. The minimum Gasteiger partial charge on any atom is -0.326 e. The molecular formula is C20H21F3N6O2. The lowest BCUT2D eigenvalue weighted by Crippen LogP contribution is -2.25. The van der Waals surface area contributed by atoms with Crippen LogP contribution in [-0.2, 0) is 24.6 Å². The number of aromatic nitrogens is 4. The second kappa shape index (κ2) is 8.62. The summed E-state index contributed by atoms with van der Waals surface area (Å²) in [5.74, 6) is -1.35. The molecule has 3 rings (SSSR count). The minimum atomic E-state index is -4.53. The van der Waals surface area contributed by atoms with Gasteiger partial charge in [0.15, 0.2) is 11.4 Å². The number of amides is 2. The van der Waals surface area contributed by atoms with Crippen molar-refractivity contribution in [3.8, 4) is 0 Å². The van der Waals surface area contributed by atoms with Crippen LogP contribution >= 0.6 is 0 Å². The van der Waals surface area contributed by atoms with Gasteiger partial charge in [-0.2, -0.15) is 23.4 Å². The molecule has 2 N–H and O–H groups in total. The van der Waals surface area contributed by atoms with Crippen molar-refractivity contribution >= 4 is 23.2 Å². The number of benzene rings is 1. The highest BCUT2D eigenvalue weighted by Gasteiger charge is 2.34. The quantitative estimate of drug-likeness (QED) is 0.621. The summed E-state index contributed by atoms with van der Waals surface area (Å²) in [6, 6.07) is 8.99. The average Bonchev–Trinajstić information content (AvgIpc) is 3.29. The molecule has 3 aromatic rings. The Morgan fingerprint density at radius 3 is 2.19 bits per heavy atom. The molecule has 1 aromatic carbocycles. The lowest BCUT2D eigenvalue weighted by Gasteiger charge is -2.14. The number of anilines is 2. The number of aryl methyl sites for hydroxylation is 2. The molecule has 2 amide bonds. The van der Waals surface area contributed by atoms with Crippen molar-refractivity contribution < 1.29 is 22.8 Å². The van der Waals surface area contributed by atoms with Crippen LogP contribution in [0.4, 0.5) is 24.5 Å². The molecule has 8 nitrogen and oxygen atoms in total. The van der Waals surface area contributed by atoms with Gasteiger partial charge >= 0.3 is 6.18 Å². The molecule has 0 fully saturated rings. The fraction of sp³-hybridized carbons (Fsp3) is 0.300. The van der Waals surface area contributed by atoms with E-state index >= 15 is 0 Å². The van der Waals surface area contributed by atoms with Gasteiger partial charge in [0.1, 0.15) is 0 Å². The predicted molar refractivity (Wildman–Crippen MR) is 107 cm³/mol. The second-order valence-corrected chi connectivity index (χ2v) is 7.15. The highest BCUT2D eigenvalue weighted by molar-refractivity contribution is 6.03. The van der Waals surface area contributed by atoms with E-state index in [1.165, 1.54) is 16.3 Å². The number of carbonyl (C=O) groups is 2. The summed E-state index contributed by atoms with van der Waals surface area (Å²) in [6.07, 6.45) is -2.88. The first-order chi connectivity index (χ1) is 14.5. The average molecular weight is 434 g/mol. The third kappa shape index (κ3) is 5.50. The molecule has 0 aliphatic heterocycles. The van der Waals surface area contributed by atoms with Crippen molar-refractivity contribution in [3.63, 3.8) is 0 Å². The molecule has 0 aliphatic rings. The molecule has 1 unspecified atom stereocenters. The van der Waals surface area contributed by atoms with Gasteiger partial charge in [0.2, 0.25) is 5.91 Å². The van der Waals surface area contributed by atoms with Crippen molar-refractivity contribution in [1.82, 2.24) is 19.6 Å². The predicted octanol–water partition coefficient (Wildman–Crippen LogP) is 3.47. The van der Waals surface area contributed by atoms with Gasteiger partial charge in [-0.1, -0.05) is 6.92 Å². The van der Waals surface area contributed by atoms with Crippen molar-refractivity contribution in [2.75, 3.05) is 10.6 Å². The van der Waals surface area contributed by atoms with Gasteiger partial charge < -0.3 is 10.6 Å². The third-order valence-corrected chi connectivity index (χ3v) is 4.52. The van der Waals surface area contributed by atoms with Crippen LogP contribution < -0.4 is 10.6 Å². The van der Waals surface area contributed by atoms with Gasteiger partial charge in [0, 0.05) is 30.3 Å². The lowest BCUT2D eigenvalue weighted by atomic mass is 10.1. The molecule has 0 bridgehead atoms. The number of halogens is 3. The standard InChI is InChI=1S/C20H21F3N6O2/c1-12(11-29-13(2)10-17(27-29)20(21,22)23)18(30)24-14-4-6-15(7-5-14)25-19(31)16-8-9-28(3)26-16/h4-10,12H,11H2,1-3H3,(H,24,30)(H,25,31). The van der Waals surface area contributed by atoms with E-state index in [9.17, 15) is 22.8 Å². The van der Waals surface area contributed by atoms with Crippen LogP contribution in [-0.4, -0.2) is 31.4 Å². The van der Waals surface area contributed by atoms with Gasteiger partial charge in [-0.05, 0) is 43.3 Å². The van der Waals surface area contributed by atoms with E-state index in [4.69, 9.17) is 0 Å². The summed E-state index contributed by atoms with van der Waals surface area (Å²) >= 11 is 0. The van der Waals surface area contributed by atoms with Crippen molar-refractivity contribution in [3.05, 3.63) is 59.7 Å². The van der Waals surface area contributed by atoms with Crippen molar-refractivity contribution in [2.45, 2.75) is 26.6 Å². The van der Waals surface area contributed by atoms with E-state index in [0.717, 1.165) is 6.07 Å². The molecule has 31 heavy (non-hydrogen) atoms. The molecule has 0 aliphatic carbocycles. The molecule has 11 heteroatoms. The summed E-state index contributed by atoms with van der Waals surface area (Å²) in [6.45, 7) is 3.11. The van der Waals surface area contributed by atoms with Gasteiger partial charge in [0.25, 0.3) is 5.91 Å². The molecule has 0 spiro atoms. The molecule has 0 saturated heterocycles. The molecule has 164 valence electrons. The van der Waals surface area contributed by atoms with Crippen LogP contribution in [0.15, 0.2) is 42.6 Å². The number of hydrogen-bond acceptors (Lipinski definition) is 4. The van der Waals surface area contributed by atoms with Gasteiger partial charge in [-0.3, -0.25) is 19.0 Å².